The predicted molar refractivity (Wildman–Crippen MR) is 93.8 cm³/mol. The van der Waals surface area contributed by atoms with E-state index >= 15 is 0 Å². The van der Waals surface area contributed by atoms with Crippen molar-refractivity contribution in [3.63, 3.8) is 0 Å². The summed E-state index contributed by atoms with van der Waals surface area (Å²) in [6.45, 7) is 8.26. The zero-order valence-electron chi connectivity index (χ0n) is 14.3. The fraction of sp³-hybridized carbons (Fsp3) is 0.350. The molecular formula is C20H25NO2. The fourth-order valence-electron chi connectivity index (χ4n) is 2.50. The van der Waals surface area contributed by atoms with E-state index in [0.717, 1.165) is 23.3 Å². The van der Waals surface area contributed by atoms with E-state index in [1.165, 1.54) is 11.1 Å². The van der Waals surface area contributed by atoms with Crippen molar-refractivity contribution >= 4 is 5.91 Å². The van der Waals surface area contributed by atoms with Gasteiger partial charge in [0.05, 0.1) is 6.04 Å². The van der Waals surface area contributed by atoms with Crippen LogP contribution in [0.25, 0.3) is 0 Å². The summed E-state index contributed by atoms with van der Waals surface area (Å²) in [7, 11) is 0. The SMILES string of the molecule is CCC(NC(=O)COc1ccccc1C)c1ccc(C)c(C)c1. The lowest BCUT2D eigenvalue weighted by atomic mass is 9.99. The molecule has 0 fully saturated rings. The van der Waals surface area contributed by atoms with Gasteiger partial charge in [0.1, 0.15) is 5.75 Å². The number of carbonyl (C=O) groups excluding carboxylic acids is 1. The molecule has 1 unspecified atom stereocenters. The van der Waals surface area contributed by atoms with Crippen LogP contribution in [0.2, 0.25) is 0 Å². The molecule has 0 aliphatic heterocycles. The minimum absolute atomic E-state index is 0.0160. The molecule has 3 heteroatoms. The first-order chi connectivity index (χ1) is 11.0. The molecular weight excluding hydrogens is 286 g/mol. The molecule has 0 saturated carbocycles. The molecule has 0 aliphatic rings. The van der Waals surface area contributed by atoms with E-state index in [4.69, 9.17) is 4.74 Å². The van der Waals surface area contributed by atoms with E-state index in [-0.39, 0.29) is 18.6 Å². The van der Waals surface area contributed by atoms with Crippen LogP contribution in [0.3, 0.4) is 0 Å². The van der Waals surface area contributed by atoms with Gasteiger partial charge >= 0.3 is 0 Å². The molecule has 0 bridgehead atoms. The first kappa shape index (κ1) is 17.1. The van der Waals surface area contributed by atoms with Crippen molar-refractivity contribution in [2.45, 2.75) is 40.2 Å². The average molecular weight is 311 g/mol. The minimum atomic E-state index is -0.0988. The number of carbonyl (C=O) groups is 1. The fourth-order valence-corrected chi connectivity index (χ4v) is 2.50. The van der Waals surface area contributed by atoms with Crippen molar-refractivity contribution in [3.8, 4) is 5.75 Å². The highest BCUT2D eigenvalue weighted by atomic mass is 16.5. The number of benzene rings is 2. The van der Waals surface area contributed by atoms with Crippen LogP contribution in [-0.2, 0) is 4.79 Å². The maximum Gasteiger partial charge on any atom is 0.258 e. The highest BCUT2D eigenvalue weighted by Crippen LogP contribution is 2.20. The van der Waals surface area contributed by atoms with Gasteiger partial charge in [0.15, 0.2) is 6.61 Å². The van der Waals surface area contributed by atoms with Crippen LogP contribution in [0, 0.1) is 20.8 Å². The van der Waals surface area contributed by atoms with Crippen LogP contribution < -0.4 is 10.1 Å². The highest BCUT2D eigenvalue weighted by molar-refractivity contribution is 5.78. The Labute approximate surface area is 138 Å². The monoisotopic (exact) mass is 311 g/mol. The molecule has 122 valence electrons. The smallest absolute Gasteiger partial charge is 0.258 e. The topological polar surface area (TPSA) is 38.3 Å². The summed E-state index contributed by atoms with van der Waals surface area (Å²) in [5.41, 5.74) is 4.67. The number of amides is 1. The van der Waals surface area contributed by atoms with Gasteiger partial charge < -0.3 is 10.1 Å². The van der Waals surface area contributed by atoms with Crippen LogP contribution in [0.4, 0.5) is 0 Å². The molecule has 0 aliphatic carbocycles. The van der Waals surface area contributed by atoms with Crippen LogP contribution in [0.5, 0.6) is 5.75 Å². The lowest BCUT2D eigenvalue weighted by Crippen LogP contribution is -2.32. The van der Waals surface area contributed by atoms with Crippen molar-refractivity contribution in [2.75, 3.05) is 6.61 Å². The quantitative estimate of drug-likeness (QED) is 0.865. The Balaban J connectivity index is 1.97. The van der Waals surface area contributed by atoms with Crippen molar-refractivity contribution in [1.82, 2.24) is 5.32 Å². The van der Waals surface area contributed by atoms with Gasteiger partial charge in [-0.15, -0.1) is 0 Å². The zero-order chi connectivity index (χ0) is 16.8. The molecule has 3 nitrogen and oxygen atoms in total. The molecule has 0 spiro atoms. The van der Waals surface area contributed by atoms with E-state index in [9.17, 15) is 4.79 Å². The third kappa shape index (κ3) is 4.59. The molecule has 0 heterocycles. The minimum Gasteiger partial charge on any atom is -0.484 e. The molecule has 2 aromatic rings. The Morgan fingerprint density at radius 1 is 1.04 bits per heavy atom. The first-order valence-electron chi connectivity index (χ1n) is 8.06. The molecule has 1 amide bonds. The molecule has 0 radical (unpaired) electrons. The van der Waals surface area contributed by atoms with Crippen LogP contribution in [-0.4, -0.2) is 12.5 Å². The summed E-state index contributed by atoms with van der Waals surface area (Å²) in [5, 5.41) is 3.06. The summed E-state index contributed by atoms with van der Waals surface area (Å²) in [6, 6.07) is 14.1. The summed E-state index contributed by atoms with van der Waals surface area (Å²) >= 11 is 0. The molecule has 1 atom stereocenters. The van der Waals surface area contributed by atoms with Gasteiger partial charge in [0.2, 0.25) is 0 Å². The Hall–Kier alpha value is -2.29. The van der Waals surface area contributed by atoms with E-state index in [1.807, 2.05) is 31.2 Å². The predicted octanol–water partition coefficient (Wildman–Crippen LogP) is 4.26. The largest absolute Gasteiger partial charge is 0.484 e. The molecule has 1 N–H and O–H groups in total. The van der Waals surface area contributed by atoms with Gasteiger partial charge in [0, 0.05) is 0 Å². The maximum atomic E-state index is 12.2. The Morgan fingerprint density at radius 2 is 1.78 bits per heavy atom. The van der Waals surface area contributed by atoms with E-state index in [2.05, 4.69) is 44.3 Å². The third-order valence-corrected chi connectivity index (χ3v) is 4.13. The van der Waals surface area contributed by atoms with Gasteiger partial charge in [0.25, 0.3) is 5.91 Å². The Kier molecular flexibility index (Phi) is 5.80. The second-order valence-corrected chi connectivity index (χ2v) is 5.93. The maximum absolute atomic E-state index is 12.2. The average Bonchev–Trinajstić information content (AvgIpc) is 2.54. The molecule has 0 aromatic heterocycles. The standard InChI is InChI=1S/C20H25NO2/c1-5-18(17-11-10-14(2)16(4)12-17)21-20(22)13-23-19-9-7-6-8-15(19)3/h6-12,18H,5,13H2,1-4H3,(H,21,22). The van der Waals surface area contributed by atoms with E-state index in [1.54, 1.807) is 0 Å². The number of rotatable bonds is 6. The van der Waals surface area contributed by atoms with Crippen molar-refractivity contribution in [3.05, 3.63) is 64.7 Å². The van der Waals surface area contributed by atoms with E-state index < -0.39 is 0 Å². The Morgan fingerprint density at radius 3 is 2.43 bits per heavy atom. The second-order valence-electron chi connectivity index (χ2n) is 5.93. The molecule has 23 heavy (non-hydrogen) atoms. The van der Waals surface area contributed by atoms with Gasteiger partial charge in [-0.3, -0.25) is 4.79 Å². The molecule has 2 aromatic carbocycles. The number of ether oxygens (including phenoxy) is 1. The normalized spacial score (nSPS) is 11.8. The number of aryl methyl sites for hydroxylation is 3. The lowest BCUT2D eigenvalue weighted by Gasteiger charge is -2.19. The van der Waals surface area contributed by atoms with Crippen molar-refractivity contribution in [2.24, 2.45) is 0 Å². The Bertz CT molecular complexity index is 679. The van der Waals surface area contributed by atoms with Gasteiger partial charge in [-0.1, -0.05) is 43.3 Å². The van der Waals surface area contributed by atoms with Gasteiger partial charge in [-0.2, -0.15) is 0 Å². The first-order valence-corrected chi connectivity index (χ1v) is 8.06. The van der Waals surface area contributed by atoms with Gasteiger partial charge in [-0.25, -0.2) is 0 Å². The molecule has 0 saturated heterocycles. The lowest BCUT2D eigenvalue weighted by molar-refractivity contribution is -0.123. The third-order valence-electron chi connectivity index (χ3n) is 4.13. The summed E-state index contributed by atoms with van der Waals surface area (Å²) in [6.07, 6.45) is 0.846. The van der Waals surface area contributed by atoms with Gasteiger partial charge in [-0.05, 0) is 55.5 Å². The number of hydrogen-bond acceptors (Lipinski definition) is 2. The number of hydrogen-bond donors (Lipinski definition) is 1. The second kappa shape index (κ2) is 7.82. The van der Waals surface area contributed by atoms with Crippen molar-refractivity contribution in [1.29, 1.82) is 0 Å². The zero-order valence-corrected chi connectivity index (χ0v) is 14.3. The van der Waals surface area contributed by atoms with Crippen LogP contribution in [0.15, 0.2) is 42.5 Å². The molecule has 2 rings (SSSR count). The number of para-hydroxylation sites is 1. The summed E-state index contributed by atoms with van der Waals surface area (Å²) < 4.78 is 5.61. The van der Waals surface area contributed by atoms with Crippen LogP contribution in [0.1, 0.15) is 41.6 Å². The summed E-state index contributed by atoms with van der Waals surface area (Å²) in [5.74, 6) is 0.653. The number of nitrogens with one attached hydrogen (secondary N) is 1. The van der Waals surface area contributed by atoms with E-state index in [0.29, 0.717) is 0 Å². The van der Waals surface area contributed by atoms with Crippen LogP contribution >= 0.6 is 0 Å². The summed E-state index contributed by atoms with van der Waals surface area (Å²) in [4.78, 5) is 12.2. The van der Waals surface area contributed by atoms with Crippen molar-refractivity contribution < 1.29 is 9.53 Å². The highest BCUT2D eigenvalue weighted by Gasteiger charge is 2.14.